The zero-order valence-electron chi connectivity index (χ0n) is 60.4. The Morgan fingerprint density at radius 3 is 0.906 bits per heavy atom. The van der Waals surface area contributed by atoms with Gasteiger partial charge in [0.05, 0.1) is 26.4 Å². The highest BCUT2D eigenvalue weighted by atomic mass is 32.3. The number of hydrogen-bond donors (Lipinski definition) is 21. The van der Waals surface area contributed by atoms with E-state index in [4.69, 9.17) is 75.8 Å². The van der Waals surface area contributed by atoms with Gasteiger partial charge in [-0.15, -0.1) is 0 Å². The summed E-state index contributed by atoms with van der Waals surface area (Å²) in [5.74, 6) is -13.9. The fraction of sp³-hybridized carbons (Fsp3) is 0.825. The Balaban J connectivity index is 0.996. The number of methoxy groups -OCH3 is 1. The Bertz CT molecular complexity index is 3870. The van der Waals surface area contributed by atoms with Gasteiger partial charge in [0.1, 0.15) is 158 Å². The van der Waals surface area contributed by atoms with Gasteiger partial charge in [-0.2, -0.15) is 0 Å². The molecule has 38 atom stereocenters. The van der Waals surface area contributed by atoms with E-state index in [1.807, 2.05) is 5.32 Å². The van der Waals surface area contributed by atoms with E-state index in [1.54, 1.807) is 0 Å². The molecule has 8 heterocycles. The number of amides is 4. The number of aliphatic hydroxyl groups is 13. The summed E-state index contributed by atoms with van der Waals surface area (Å²) in [5.41, 5.74) is 0. The van der Waals surface area contributed by atoms with E-state index in [0.29, 0.717) is 6.08 Å². The number of rotatable bonds is 33. The summed E-state index contributed by atoms with van der Waals surface area (Å²) in [7, 11) is -16.5. The van der Waals surface area contributed by atoms with Crippen molar-refractivity contribution in [3.05, 3.63) is 11.8 Å². The first-order valence-electron chi connectivity index (χ1n) is 34.0. The van der Waals surface area contributed by atoms with E-state index >= 15 is 0 Å². The first kappa shape index (κ1) is 96.3. The minimum absolute atomic E-state index is 0.310. The predicted octanol–water partition coefficient (Wildman–Crippen LogP) is -17.2. The molecule has 8 aliphatic rings. The van der Waals surface area contributed by atoms with Gasteiger partial charge >= 0.3 is 23.9 Å². The average Bonchev–Trinajstić information content (AvgIpc) is 0.765. The Labute approximate surface area is 656 Å². The predicted molar refractivity (Wildman–Crippen MR) is 342 cm³/mol. The van der Waals surface area contributed by atoms with Crippen molar-refractivity contribution in [2.24, 2.45) is 0 Å². The lowest BCUT2D eigenvalue weighted by atomic mass is 9.93. The van der Waals surface area contributed by atoms with E-state index in [2.05, 4.69) is 28.5 Å². The van der Waals surface area contributed by atoms with Crippen LogP contribution in [0.4, 0.5) is 0 Å². The summed E-state index contributed by atoms with van der Waals surface area (Å²) in [6.45, 7) is -2.27. The van der Waals surface area contributed by atoms with Gasteiger partial charge in [0.15, 0.2) is 68.4 Å². The standard InChI is InChI=1S/C57H86N4O53S3/c1-11(64)58-21-25(69)36(17(7-62)100-50(21)96-5)104-54-32(76)29(73)41(44(111-54)48(83)84)109-52-23(60-13(3)66)27(71)38(19(102-52)9-97-115(87,88)89)106-56-34(78)31(75)40(43(113-56)47(81)82)108-51-22(59-12(2)65)26(70)37(18(8-63)101-51)105-55-33(77)30(74)42(45(112-55)49(85)86)110-53-24(61-14(4)67)28(72)39(20(103-53)10-98-116(90,91)92)107-57-35(114-117(93,94)95)15(68)6-16(99-57)46(79)80/h6,15,17-45,50-57,62-63,68-78H,7-10H2,1-5H3,(H,58,64)(H,59,65)(H,60,66)(H,61,67)(H,79,80)(H,81,82)(H,83,84)(H,85,86)(H,87,88,89)(H,90,91,92)(H,93,94,95)/p-3/t15-,17+,18+,19+,20+,21+,22+,23+,24+,25+,26+,27+,28+,29+,30+,31+,32+,33+,34+,35?,36-,37-,38-,39-,40-,41-,42-,43?,44?,45?,50-,51+,52+,53+,54+,55+,56+,57-/m0/s1. The lowest BCUT2D eigenvalue weighted by molar-refractivity contribution is -0.381. The molecular formula is C57H83N4O53S3-3. The monoisotopic (exact) mass is 1770 g/mol. The summed E-state index contributed by atoms with van der Waals surface area (Å²) in [6, 6.07) is -8.19. The highest BCUT2D eigenvalue weighted by molar-refractivity contribution is 7.81. The number of carbonyl (C=O) groups is 8. The van der Waals surface area contributed by atoms with Gasteiger partial charge in [-0.3, -0.25) is 31.7 Å². The molecule has 4 amide bonds. The Morgan fingerprint density at radius 2 is 0.641 bits per heavy atom. The van der Waals surface area contributed by atoms with E-state index in [0.717, 1.165) is 34.8 Å². The molecule has 7 fully saturated rings. The number of nitrogens with one attached hydrogen (secondary N) is 4. The minimum Gasteiger partial charge on any atom is -0.726 e. The summed E-state index contributed by atoms with van der Waals surface area (Å²) < 4.78 is 208. The van der Waals surface area contributed by atoms with Crippen molar-refractivity contribution in [2.45, 2.75) is 261 Å². The number of hydrogen-bond acceptors (Lipinski definition) is 49. The maximum Gasteiger partial charge on any atom is 0.371 e. The molecule has 57 nitrogen and oxygen atoms in total. The lowest BCUT2D eigenvalue weighted by Gasteiger charge is -2.50. The first-order chi connectivity index (χ1) is 54.4. The van der Waals surface area contributed by atoms with Gasteiger partial charge in [0.25, 0.3) is 0 Å². The average molecular weight is 1770 g/mol. The van der Waals surface area contributed by atoms with Gasteiger partial charge in [0.2, 0.25) is 66.9 Å². The van der Waals surface area contributed by atoms with Crippen LogP contribution in [0.15, 0.2) is 11.8 Å². The molecule has 8 aliphatic heterocycles. The van der Waals surface area contributed by atoms with E-state index < -0.39 is 344 Å². The second-order valence-corrected chi connectivity index (χ2v) is 29.9. The van der Waals surface area contributed by atoms with Crippen LogP contribution < -0.4 is 21.3 Å². The molecule has 21 N–H and O–H groups in total. The first-order valence-corrected chi connectivity index (χ1v) is 38.0. The normalized spacial score (nSPS) is 42.2. The van der Waals surface area contributed by atoms with Crippen LogP contribution in [-0.4, -0.2) is 440 Å². The quantitative estimate of drug-likeness (QED) is 0.0214. The van der Waals surface area contributed by atoms with Crippen LogP contribution in [0.1, 0.15) is 27.7 Å². The molecule has 0 aromatic heterocycles. The van der Waals surface area contributed by atoms with Crippen LogP contribution in [0.3, 0.4) is 0 Å². The third-order valence-electron chi connectivity index (χ3n) is 18.5. The molecule has 0 spiro atoms. The van der Waals surface area contributed by atoms with Gasteiger partial charge in [-0.1, -0.05) is 0 Å². The van der Waals surface area contributed by atoms with Crippen LogP contribution in [-0.2, 0) is 158 Å². The summed E-state index contributed by atoms with van der Waals surface area (Å²) in [4.78, 5) is 101. The molecule has 0 aliphatic carbocycles. The fourth-order valence-electron chi connectivity index (χ4n) is 13.4. The van der Waals surface area contributed by atoms with Crippen LogP contribution >= 0.6 is 0 Å². The Hall–Kier alpha value is -6.21. The largest absolute Gasteiger partial charge is 0.726 e. The maximum absolute atomic E-state index is 13.2. The van der Waals surface area contributed by atoms with Crippen molar-refractivity contribution in [3.8, 4) is 0 Å². The van der Waals surface area contributed by atoms with Crippen molar-refractivity contribution >= 4 is 78.7 Å². The maximum atomic E-state index is 13.2. The summed E-state index contributed by atoms with van der Waals surface area (Å²) in [6.07, 6.45) is -82.7. The topological polar surface area (TPSA) is 876 Å². The highest BCUT2D eigenvalue weighted by Gasteiger charge is 2.62. The Morgan fingerprint density at radius 1 is 0.368 bits per heavy atom. The SMILES string of the molecule is CO[C@H]1O[C@H](CO)[C@H](O[C@@H]2OC(C(=O)O)[C@@H](O[C@H]3O[C@H](COS(=O)(=O)[O-])[C@H](O[C@@H]4OC(C(=O)O)[C@@H](O[C@H]5O[C@H](CO)[C@H](O[C@@H]6OC(C(=O)O)[C@@H](O[C@H]7O[C@H](COS(=O)(=O)[O-])[C@H](O[C@@H]8OC(C(=O)O)=C[C@H](O)C8OS(=O)(=O)[O-])[C@H](O)[C@H]7NC(C)=O)[C@H](O)[C@H]6O)[C@H](O)[C@H]5NC(C)=O)[C@H](O)[C@H]4O)[C@H](O)[C@H]3NC(C)=O)[C@H](O)[C@H]2O)[C@H](O)[C@H]1NC(C)=O. The van der Waals surface area contributed by atoms with Crippen molar-refractivity contribution in [2.75, 3.05) is 33.5 Å². The number of ether oxygens (including phenoxy) is 16. The summed E-state index contributed by atoms with van der Waals surface area (Å²) in [5, 5.41) is 198. The number of aliphatic hydroxyl groups excluding tert-OH is 13. The number of carboxylic acids is 4. The molecule has 8 rings (SSSR count). The van der Waals surface area contributed by atoms with Crippen molar-refractivity contribution < 1.29 is 252 Å². The smallest absolute Gasteiger partial charge is 0.371 e. The van der Waals surface area contributed by atoms with Gasteiger partial charge in [-0.05, 0) is 6.08 Å². The Kier molecular flexibility index (Phi) is 32.7. The molecule has 0 radical (unpaired) electrons. The van der Waals surface area contributed by atoms with Gasteiger partial charge in [0, 0.05) is 34.8 Å². The second-order valence-electron chi connectivity index (χ2n) is 26.7. The minimum atomic E-state index is -5.90. The van der Waals surface area contributed by atoms with E-state index in [1.165, 1.54) is 0 Å². The third-order valence-corrected chi connectivity index (χ3v) is 19.8. The van der Waals surface area contributed by atoms with Crippen molar-refractivity contribution in [1.82, 2.24) is 21.3 Å². The summed E-state index contributed by atoms with van der Waals surface area (Å²) >= 11 is 0. The molecule has 117 heavy (non-hydrogen) atoms. The zero-order valence-corrected chi connectivity index (χ0v) is 62.8. The van der Waals surface area contributed by atoms with Gasteiger partial charge in [-0.25, -0.2) is 44.4 Å². The molecule has 670 valence electrons. The molecule has 0 aromatic carbocycles. The molecule has 0 saturated carbocycles. The van der Waals surface area contributed by atoms with Crippen molar-refractivity contribution in [3.63, 3.8) is 0 Å². The van der Waals surface area contributed by atoms with Crippen LogP contribution in [0.25, 0.3) is 0 Å². The zero-order chi connectivity index (χ0) is 87.4. The molecule has 0 bridgehead atoms. The lowest BCUT2D eigenvalue weighted by Crippen LogP contribution is -2.71. The molecule has 0 aromatic rings. The molecular weight excluding hydrogens is 1680 g/mol. The van der Waals surface area contributed by atoms with Gasteiger partial charge < -0.3 is 198 Å². The van der Waals surface area contributed by atoms with E-state index in [-0.39, 0.29) is 0 Å². The molecule has 60 heteroatoms. The number of aliphatic carboxylic acids is 4. The fourth-order valence-corrected chi connectivity index (χ4v) is 14.5. The van der Waals surface area contributed by atoms with Crippen molar-refractivity contribution in [1.29, 1.82) is 0 Å². The second kappa shape index (κ2) is 39.8. The highest BCUT2D eigenvalue weighted by Crippen LogP contribution is 2.40. The van der Waals surface area contributed by atoms with Crippen LogP contribution in [0.2, 0.25) is 0 Å². The number of carboxylic acid groups (broad SMARTS) is 4. The molecule has 4 unspecified atom stereocenters. The molecule has 7 saturated heterocycles. The van der Waals surface area contributed by atoms with Crippen LogP contribution in [0, 0.1) is 0 Å². The van der Waals surface area contributed by atoms with Crippen LogP contribution in [0.5, 0.6) is 0 Å². The van der Waals surface area contributed by atoms with E-state index in [9.17, 15) is 164 Å². The number of carbonyl (C=O) groups excluding carboxylic acids is 4. The third kappa shape index (κ3) is 23.5.